The van der Waals surface area contributed by atoms with E-state index in [9.17, 15) is 17.6 Å². The van der Waals surface area contributed by atoms with Crippen molar-refractivity contribution in [2.45, 2.75) is 63.9 Å². The van der Waals surface area contributed by atoms with E-state index in [1.54, 1.807) is 53.1 Å². The highest BCUT2D eigenvalue weighted by Crippen LogP contribution is 2.27. The minimum Gasteiger partial charge on any atom is -0.385 e. The van der Waals surface area contributed by atoms with Gasteiger partial charge >= 0.3 is 0 Å². The fourth-order valence-electron chi connectivity index (χ4n) is 3.40. The lowest BCUT2D eigenvalue weighted by molar-refractivity contribution is 0.0827. The molecule has 1 aliphatic carbocycles. The van der Waals surface area contributed by atoms with Gasteiger partial charge in [0, 0.05) is 37.9 Å². The lowest BCUT2D eigenvalue weighted by Gasteiger charge is -2.31. The van der Waals surface area contributed by atoms with Crippen LogP contribution in [0.25, 0.3) is 0 Å². The van der Waals surface area contributed by atoms with Crippen LogP contribution >= 0.6 is 0 Å². The fraction of sp³-hybridized carbons (Fsp3) is 0.667. The molecule has 1 aliphatic rings. The zero-order valence-corrected chi connectivity index (χ0v) is 18.9. The van der Waals surface area contributed by atoms with E-state index in [1.807, 2.05) is 0 Å². The Bertz CT molecular complexity index is 811. The number of benzene rings is 1. The molecule has 0 radical (unpaired) electrons. The molecule has 1 amide bonds. The predicted molar refractivity (Wildman–Crippen MR) is 115 cm³/mol. The molecule has 29 heavy (non-hydrogen) atoms. The van der Waals surface area contributed by atoms with Crippen molar-refractivity contribution < 1.29 is 17.6 Å². The lowest BCUT2D eigenvalue weighted by Crippen LogP contribution is -2.46. The molecule has 0 saturated heterocycles. The van der Waals surface area contributed by atoms with Gasteiger partial charge in [0.1, 0.15) is 6.67 Å². The van der Waals surface area contributed by atoms with Crippen molar-refractivity contribution in [3.63, 3.8) is 0 Å². The highest BCUT2D eigenvalue weighted by Gasteiger charge is 2.32. The molecule has 0 bridgehead atoms. The van der Waals surface area contributed by atoms with Crippen LogP contribution in [0.15, 0.2) is 18.2 Å². The Balaban J connectivity index is 1.92. The number of rotatable bonds is 7. The van der Waals surface area contributed by atoms with Crippen LogP contribution in [-0.2, 0) is 16.7 Å². The molecule has 8 heteroatoms. The largest absolute Gasteiger partial charge is 0.385 e. The van der Waals surface area contributed by atoms with Crippen molar-refractivity contribution in [3.05, 3.63) is 29.3 Å². The highest BCUT2D eigenvalue weighted by molar-refractivity contribution is 7.90. The third-order valence-electron chi connectivity index (χ3n) is 5.37. The summed E-state index contributed by atoms with van der Waals surface area (Å²) in [7, 11) is 0.00621. The zero-order chi connectivity index (χ0) is 21.8. The van der Waals surface area contributed by atoms with E-state index in [0.29, 0.717) is 23.6 Å². The monoisotopic (exact) mass is 427 g/mol. The van der Waals surface area contributed by atoms with Crippen molar-refractivity contribution in [3.8, 4) is 0 Å². The summed E-state index contributed by atoms with van der Waals surface area (Å²) in [6.45, 7) is 5.19. The number of halogens is 1. The summed E-state index contributed by atoms with van der Waals surface area (Å²) in [6, 6.07) is 5.05. The van der Waals surface area contributed by atoms with Crippen LogP contribution in [0.1, 0.15) is 62.4 Å². The van der Waals surface area contributed by atoms with Crippen molar-refractivity contribution in [1.82, 2.24) is 9.62 Å². The van der Waals surface area contributed by atoms with Gasteiger partial charge in [0.2, 0.25) is 10.0 Å². The molecule has 0 heterocycles. The highest BCUT2D eigenvalue weighted by atomic mass is 32.2. The lowest BCUT2D eigenvalue weighted by atomic mass is 9.86. The molecule has 2 rings (SSSR count). The molecule has 0 atom stereocenters. The molecule has 164 valence electrons. The van der Waals surface area contributed by atoms with Crippen LogP contribution in [0, 0.1) is 5.92 Å². The number of hydrogen-bond donors (Lipinski definition) is 2. The Morgan fingerprint density at radius 3 is 2.28 bits per heavy atom. The molecule has 2 N–H and O–H groups in total. The van der Waals surface area contributed by atoms with E-state index in [2.05, 4.69) is 10.0 Å². The summed E-state index contributed by atoms with van der Waals surface area (Å²) in [5, 5.41) is 3.33. The van der Waals surface area contributed by atoms with Crippen molar-refractivity contribution in [2.24, 2.45) is 5.92 Å². The Hall–Kier alpha value is -1.67. The predicted octanol–water partition coefficient (Wildman–Crippen LogP) is 3.55. The minimum atomic E-state index is -3.33. The second kappa shape index (κ2) is 9.43. The van der Waals surface area contributed by atoms with Gasteiger partial charge in [0.25, 0.3) is 5.91 Å². The van der Waals surface area contributed by atoms with E-state index < -0.39 is 21.4 Å². The molecular formula is C21H34FN3O3S. The molecule has 1 aromatic carbocycles. The normalized spacial score (nSPS) is 20.3. The van der Waals surface area contributed by atoms with E-state index in [0.717, 1.165) is 31.4 Å². The third kappa shape index (κ3) is 6.40. The molecular weight excluding hydrogens is 393 g/mol. The number of nitrogens with one attached hydrogen (secondary N) is 2. The SMILES string of the molecule is CN(C)C(=O)c1cc(CF)cc(NC[C@H]2CC[C@H](NS(=O)(=O)C(C)(C)C)CC2)c1. The maximum absolute atomic E-state index is 13.2. The molecule has 0 aliphatic heterocycles. The third-order valence-corrected chi connectivity index (χ3v) is 7.63. The summed E-state index contributed by atoms with van der Waals surface area (Å²) in [5.74, 6) is 0.252. The van der Waals surface area contributed by atoms with Gasteiger partial charge in [-0.3, -0.25) is 4.79 Å². The average molecular weight is 428 g/mol. The van der Waals surface area contributed by atoms with Crippen LogP contribution in [0.3, 0.4) is 0 Å². The molecule has 1 fully saturated rings. The van der Waals surface area contributed by atoms with Gasteiger partial charge in [0.05, 0.1) is 4.75 Å². The zero-order valence-electron chi connectivity index (χ0n) is 18.1. The number of amides is 1. The van der Waals surface area contributed by atoms with Crippen molar-refractivity contribution in [2.75, 3.05) is 26.0 Å². The van der Waals surface area contributed by atoms with Crippen LogP contribution in [0.2, 0.25) is 0 Å². The first-order valence-electron chi connectivity index (χ1n) is 10.1. The summed E-state index contributed by atoms with van der Waals surface area (Å²) >= 11 is 0. The molecule has 0 unspecified atom stereocenters. The van der Waals surface area contributed by atoms with Crippen LogP contribution in [0.5, 0.6) is 0 Å². The second-order valence-corrected chi connectivity index (χ2v) is 11.6. The summed E-state index contributed by atoms with van der Waals surface area (Å²) < 4.78 is 39.9. The van der Waals surface area contributed by atoms with Gasteiger partial charge in [0.15, 0.2) is 0 Å². The Labute approximate surface area is 174 Å². The number of hydrogen-bond acceptors (Lipinski definition) is 4. The van der Waals surface area contributed by atoms with Gasteiger partial charge in [-0.25, -0.2) is 17.5 Å². The Morgan fingerprint density at radius 2 is 1.76 bits per heavy atom. The molecule has 1 aromatic rings. The van der Waals surface area contributed by atoms with Crippen molar-refractivity contribution >= 4 is 21.6 Å². The first kappa shape index (κ1) is 23.6. The Morgan fingerprint density at radius 1 is 1.14 bits per heavy atom. The van der Waals surface area contributed by atoms with E-state index in [-0.39, 0.29) is 11.9 Å². The van der Waals surface area contributed by atoms with Gasteiger partial charge in [-0.2, -0.15) is 0 Å². The van der Waals surface area contributed by atoms with Gasteiger partial charge in [-0.05, 0) is 76.1 Å². The van der Waals surface area contributed by atoms with E-state index >= 15 is 0 Å². The quantitative estimate of drug-likeness (QED) is 0.698. The number of carbonyl (C=O) groups excluding carboxylic acids is 1. The molecule has 6 nitrogen and oxygen atoms in total. The first-order valence-corrected chi connectivity index (χ1v) is 11.6. The summed E-state index contributed by atoms with van der Waals surface area (Å²) in [4.78, 5) is 13.7. The number of anilines is 1. The smallest absolute Gasteiger partial charge is 0.253 e. The fourth-order valence-corrected chi connectivity index (χ4v) is 4.42. The molecule has 0 spiro atoms. The minimum absolute atomic E-state index is 0.0188. The average Bonchev–Trinajstić information content (AvgIpc) is 2.65. The molecule has 0 aromatic heterocycles. The maximum atomic E-state index is 13.2. The number of carbonyl (C=O) groups is 1. The van der Waals surface area contributed by atoms with E-state index in [4.69, 9.17) is 0 Å². The van der Waals surface area contributed by atoms with E-state index in [1.165, 1.54) is 4.90 Å². The van der Waals surface area contributed by atoms with Crippen LogP contribution in [0.4, 0.5) is 10.1 Å². The van der Waals surface area contributed by atoms with Gasteiger partial charge < -0.3 is 10.2 Å². The Kier molecular flexibility index (Phi) is 7.67. The number of nitrogens with zero attached hydrogens (tertiary/aromatic N) is 1. The standard InChI is InChI=1S/C21H34FN3O3S/c1-21(2,3)29(27,28)24-18-8-6-15(7-9-18)14-23-19-11-16(13-22)10-17(12-19)20(26)25(4)5/h10-12,15,18,23-24H,6-9,13-14H2,1-5H3/t15-,18-. The van der Waals surface area contributed by atoms with Gasteiger partial charge in [-0.1, -0.05) is 0 Å². The summed E-state index contributed by atoms with van der Waals surface area (Å²) in [6.07, 6.45) is 3.43. The van der Waals surface area contributed by atoms with Crippen LogP contribution < -0.4 is 10.0 Å². The summed E-state index contributed by atoms with van der Waals surface area (Å²) in [5.41, 5.74) is 1.68. The second-order valence-electron chi connectivity index (χ2n) is 9.08. The first-order chi connectivity index (χ1) is 13.4. The van der Waals surface area contributed by atoms with Gasteiger partial charge in [-0.15, -0.1) is 0 Å². The topological polar surface area (TPSA) is 78.5 Å². The van der Waals surface area contributed by atoms with Crippen LogP contribution in [-0.4, -0.2) is 50.7 Å². The van der Waals surface area contributed by atoms with Crippen molar-refractivity contribution in [1.29, 1.82) is 0 Å². The number of alkyl halides is 1. The number of sulfonamides is 1. The maximum Gasteiger partial charge on any atom is 0.253 e. The molecule has 1 saturated carbocycles.